The second-order valence-corrected chi connectivity index (χ2v) is 7.99. The molecule has 4 heteroatoms. The number of benzene rings is 2. The van der Waals surface area contributed by atoms with Crippen molar-refractivity contribution in [3.63, 3.8) is 0 Å². The van der Waals surface area contributed by atoms with E-state index < -0.39 is 0 Å². The van der Waals surface area contributed by atoms with E-state index >= 15 is 0 Å². The minimum atomic E-state index is 0.620. The maximum atomic E-state index is 5.56. The van der Waals surface area contributed by atoms with Crippen molar-refractivity contribution in [2.24, 2.45) is 5.92 Å². The van der Waals surface area contributed by atoms with Gasteiger partial charge in [-0.3, -0.25) is 0 Å². The van der Waals surface area contributed by atoms with Crippen LogP contribution >= 0.6 is 0 Å². The number of ether oxygens (including phenoxy) is 3. The van der Waals surface area contributed by atoms with Crippen LogP contribution in [0, 0.1) is 5.92 Å². The molecule has 2 aromatic rings. The van der Waals surface area contributed by atoms with Gasteiger partial charge in [0.1, 0.15) is 5.75 Å². The maximum absolute atomic E-state index is 5.56. The lowest BCUT2D eigenvalue weighted by molar-refractivity contribution is 0.316. The van der Waals surface area contributed by atoms with Crippen molar-refractivity contribution >= 4 is 0 Å². The van der Waals surface area contributed by atoms with Gasteiger partial charge in [0.25, 0.3) is 0 Å². The molecule has 0 spiro atoms. The van der Waals surface area contributed by atoms with E-state index in [1.807, 2.05) is 6.07 Å². The van der Waals surface area contributed by atoms with Crippen molar-refractivity contribution in [1.82, 2.24) is 4.90 Å². The molecule has 2 unspecified atom stereocenters. The second kappa shape index (κ2) is 8.44. The molecule has 1 heterocycles. The Kier molecular flexibility index (Phi) is 5.77. The first-order valence-electron chi connectivity index (χ1n) is 10.3. The van der Waals surface area contributed by atoms with Gasteiger partial charge < -0.3 is 19.1 Å². The Bertz CT molecular complexity index is 819. The number of hydrogen-bond donors (Lipinski definition) is 0. The molecule has 2 aromatic carbocycles. The molecule has 0 saturated carbocycles. The van der Waals surface area contributed by atoms with Crippen molar-refractivity contribution < 1.29 is 14.2 Å². The molecule has 0 bridgehead atoms. The molecule has 1 saturated heterocycles. The summed E-state index contributed by atoms with van der Waals surface area (Å²) in [6, 6.07) is 12.8. The van der Waals surface area contributed by atoms with Gasteiger partial charge in [-0.15, -0.1) is 0 Å². The third kappa shape index (κ3) is 3.70. The van der Waals surface area contributed by atoms with Crippen LogP contribution in [0.5, 0.6) is 17.2 Å². The van der Waals surface area contributed by atoms with Crippen molar-refractivity contribution in [2.75, 3.05) is 41.0 Å². The summed E-state index contributed by atoms with van der Waals surface area (Å²) >= 11 is 0. The minimum Gasteiger partial charge on any atom is -0.496 e. The average molecular weight is 382 g/mol. The molecule has 0 N–H and O–H groups in total. The number of likely N-dealkylation sites (tertiary alicyclic amines) is 1. The third-order valence-electron chi connectivity index (χ3n) is 6.46. The van der Waals surface area contributed by atoms with Gasteiger partial charge >= 0.3 is 0 Å². The molecule has 2 aliphatic rings. The molecule has 2 atom stereocenters. The van der Waals surface area contributed by atoms with Gasteiger partial charge in [0, 0.05) is 19.0 Å². The number of fused-ring (bicyclic) bond motifs is 3. The normalized spacial score (nSPS) is 21.1. The summed E-state index contributed by atoms with van der Waals surface area (Å²) in [4.78, 5) is 2.65. The Labute approximate surface area is 168 Å². The van der Waals surface area contributed by atoms with Gasteiger partial charge in [-0.25, -0.2) is 0 Å². The standard InChI is InChI=1S/C24H31NO3/c1-26-22-9-5-4-7-17(22)8-6-12-25-15-19-11-10-18-13-23(27-2)24(28-3)14-20(18)21(19)16-25/h4-5,7,9,13-14,19,21H,6,8,10-12,15-16H2,1-3H3. The third-order valence-corrected chi connectivity index (χ3v) is 6.46. The van der Waals surface area contributed by atoms with Crippen molar-refractivity contribution in [1.29, 1.82) is 0 Å². The van der Waals surface area contributed by atoms with Gasteiger partial charge in [0.2, 0.25) is 0 Å². The van der Waals surface area contributed by atoms with Gasteiger partial charge in [0.15, 0.2) is 11.5 Å². The van der Waals surface area contributed by atoms with Gasteiger partial charge in [0.05, 0.1) is 21.3 Å². The maximum Gasteiger partial charge on any atom is 0.161 e. The molecule has 4 nitrogen and oxygen atoms in total. The molecule has 0 radical (unpaired) electrons. The molecule has 1 aliphatic carbocycles. The number of para-hydroxylation sites is 1. The smallest absolute Gasteiger partial charge is 0.161 e. The van der Waals surface area contributed by atoms with Crippen molar-refractivity contribution in [3.05, 3.63) is 53.1 Å². The average Bonchev–Trinajstić information content (AvgIpc) is 3.16. The fraction of sp³-hybridized carbons (Fsp3) is 0.500. The monoisotopic (exact) mass is 381 g/mol. The minimum absolute atomic E-state index is 0.620. The van der Waals surface area contributed by atoms with E-state index in [0.717, 1.165) is 49.1 Å². The van der Waals surface area contributed by atoms with E-state index in [0.29, 0.717) is 5.92 Å². The number of rotatable bonds is 7. The molecule has 0 amide bonds. The SMILES string of the molecule is COc1ccccc1CCCN1CC2CCc3cc(OC)c(OC)cc3C2C1. The van der Waals surface area contributed by atoms with Crippen LogP contribution in [0.1, 0.15) is 35.4 Å². The summed E-state index contributed by atoms with van der Waals surface area (Å²) in [5.74, 6) is 4.10. The lowest BCUT2D eigenvalue weighted by Gasteiger charge is -2.28. The Hall–Kier alpha value is -2.20. The van der Waals surface area contributed by atoms with E-state index in [9.17, 15) is 0 Å². The quantitative estimate of drug-likeness (QED) is 0.715. The van der Waals surface area contributed by atoms with Crippen LogP contribution in [0.4, 0.5) is 0 Å². The number of methoxy groups -OCH3 is 3. The fourth-order valence-corrected chi connectivity index (χ4v) is 5.03. The molecule has 1 fully saturated rings. The topological polar surface area (TPSA) is 30.9 Å². The first-order valence-corrected chi connectivity index (χ1v) is 10.3. The Morgan fingerprint density at radius 3 is 2.46 bits per heavy atom. The summed E-state index contributed by atoms with van der Waals surface area (Å²) in [6.45, 7) is 3.51. The van der Waals surface area contributed by atoms with Crippen LogP contribution in [0.15, 0.2) is 36.4 Å². The van der Waals surface area contributed by atoms with Crippen LogP contribution in [0.3, 0.4) is 0 Å². The van der Waals surface area contributed by atoms with Gasteiger partial charge in [-0.1, -0.05) is 18.2 Å². The molecule has 1 aliphatic heterocycles. The highest BCUT2D eigenvalue weighted by atomic mass is 16.5. The molecular formula is C24H31NO3. The zero-order valence-electron chi connectivity index (χ0n) is 17.2. The first kappa shape index (κ1) is 19.1. The molecule has 0 aromatic heterocycles. The van der Waals surface area contributed by atoms with E-state index in [1.165, 1.54) is 36.1 Å². The van der Waals surface area contributed by atoms with Gasteiger partial charge in [-0.05, 0) is 73.0 Å². The van der Waals surface area contributed by atoms with Crippen LogP contribution < -0.4 is 14.2 Å². The number of hydrogen-bond acceptors (Lipinski definition) is 4. The molecular weight excluding hydrogens is 350 g/mol. The Morgan fingerprint density at radius 1 is 0.929 bits per heavy atom. The summed E-state index contributed by atoms with van der Waals surface area (Å²) in [7, 11) is 5.20. The molecule has 28 heavy (non-hydrogen) atoms. The van der Waals surface area contributed by atoms with E-state index in [4.69, 9.17) is 14.2 Å². The zero-order valence-corrected chi connectivity index (χ0v) is 17.2. The fourth-order valence-electron chi connectivity index (χ4n) is 5.03. The van der Waals surface area contributed by atoms with Crippen molar-refractivity contribution in [2.45, 2.75) is 31.6 Å². The van der Waals surface area contributed by atoms with Gasteiger partial charge in [-0.2, -0.15) is 0 Å². The van der Waals surface area contributed by atoms with Crippen LogP contribution in [-0.4, -0.2) is 45.9 Å². The van der Waals surface area contributed by atoms with E-state index in [1.54, 1.807) is 21.3 Å². The number of nitrogens with zero attached hydrogens (tertiary/aromatic N) is 1. The van der Waals surface area contributed by atoms with E-state index in [2.05, 4.69) is 35.2 Å². The summed E-state index contributed by atoms with van der Waals surface area (Å²) in [5, 5.41) is 0. The summed E-state index contributed by atoms with van der Waals surface area (Å²) < 4.78 is 16.6. The highest BCUT2D eigenvalue weighted by Crippen LogP contribution is 2.45. The second-order valence-electron chi connectivity index (χ2n) is 7.99. The zero-order chi connectivity index (χ0) is 19.5. The predicted octanol–water partition coefficient (Wildman–Crippen LogP) is 4.31. The summed E-state index contributed by atoms with van der Waals surface area (Å²) in [6.07, 6.45) is 4.65. The van der Waals surface area contributed by atoms with Crippen LogP contribution in [-0.2, 0) is 12.8 Å². The van der Waals surface area contributed by atoms with Crippen LogP contribution in [0.25, 0.3) is 0 Å². The van der Waals surface area contributed by atoms with Crippen LogP contribution in [0.2, 0.25) is 0 Å². The highest BCUT2D eigenvalue weighted by molar-refractivity contribution is 5.50. The summed E-state index contributed by atoms with van der Waals surface area (Å²) in [5.41, 5.74) is 4.22. The largest absolute Gasteiger partial charge is 0.496 e. The molecule has 4 rings (SSSR count). The highest BCUT2D eigenvalue weighted by Gasteiger charge is 2.37. The lowest BCUT2D eigenvalue weighted by atomic mass is 9.77. The van der Waals surface area contributed by atoms with E-state index in [-0.39, 0.29) is 0 Å². The predicted molar refractivity (Wildman–Crippen MR) is 112 cm³/mol. The number of aryl methyl sites for hydroxylation is 2. The van der Waals surface area contributed by atoms with Crippen molar-refractivity contribution in [3.8, 4) is 17.2 Å². The molecule has 150 valence electrons. The first-order chi connectivity index (χ1) is 13.7. The lowest BCUT2D eigenvalue weighted by Crippen LogP contribution is -2.22. The Balaban J connectivity index is 1.41. The Morgan fingerprint density at radius 2 is 1.68 bits per heavy atom.